The molecule has 1 aliphatic heterocycles. The molecule has 0 amide bonds. The number of hydrogen-bond donors (Lipinski definition) is 3. The van der Waals surface area contributed by atoms with E-state index in [4.69, 9.17) is 19.4 Å². The fraction of sp³-hybridized carbons (Fsp3) is 0.571. The number of hydrogen-bond acceptors (Lipinski definition) is 5. The zero-order chi connectivity index (χ0) is 18.7. The van der Waals surface area contributed by atoms with Gasteiger partial charge in [-0.15, -0.1) is 6.54 Å². The Hall–Kier alpha value is 0.947. The van der Waals surface area contributed by atoms with Gasteiger partial charge in [-0.2, -0.15) is 19.0 Å². The minimum Gasteiger partial charge on any atom is -0.397 e. The van der Waals surface area contributed by atoms with Gasteiger partial charge in [0.05, 0.1) is 13.5 Å². The van der Waals surface area contributed by atoms with Crippen LogP contribution in [0.5, 0.6) is 0 Å². The first kappa shape index (κ1) is 27.0. The van der Waals surface area contributed by atoms with Gasteiger partial charge >= 0.3 is 68.9 Å². The summed E-state index contributed by atoms with van der Waals surface area (Å²) >= 11 is 4.31. The first-order chi connectivity index (χ1) is 12.3. The minimum absolute atomic E-state index is 0. The summed E-state index contributed by atoms with van der Waals surface area (Å²) in [4.78, 5) is 2.53. The van der Waals surface area contributed by atoms with E-state index in [1.165, 1.54) is 48.4 Å². The van der Waals surface area contributed by atoms with Crippen molar-refractivity contribution in [1.29, 1.82) is 0 Å². The van der Waals surface area contributed by atoms with Crippen molar-refractivity contribution >= 4 is 26.2 Å². The second-order valence-electron chi connectivity index (χ2n) is 7.97. The number of benzene rings is 1. The molecule has 28 heavy (non-hydrogen) atoms. The van der Waals surface area contributed by atoms with Crippen LogP contribution in [0, 0.1) is 6.42 Å². The molecule has 2 radical (unpaired) electrons. The summed E-state index contributed by atoms with van der Waals surface area (Å²) in [6.45, 7) is 5.54. The Morgan fingerprint density at radius 3 is 2.75 bits per heavy atom. The van der Waals surface area contributed by atoms with Crippen LogP contribution in [-0.2, 0) is 6.54 Å². The number of thiol groups is 1. The first-order valence-electron chi connectivity index (χ1n) is 9.49. The Morgan fingerprint density at radius 1 is 1.46 bits per heavy atom. The van der Waals surface area contributed by atoms with E-state index in [9.17, 15) is 0 Å². The van der Waals surface area contributed by atoms with Crippen LogP contribution in [0.3, 0.4) is 0 Å². The second-order valence-corrected chi connectivity index (χ2v) is 8.99. The summed E-state index contributed by atoms with van der Waals surface area (Å²) in [5, 5.41) is 1.51. The van der Waals surface area contributed by atoms with Crippen LogP contribution in [-0.4, -0.2) is 42.0 Å². The van der Waals surface area contributed by atoms with Gasteiger partial charge in [0.2, 0.25) is 0 Å². The van der Waals surface area contributed by atoms with Crippen molar-refractivity contribution in [3.05, 3.63) is 47.5 Å². The predicted molar refractivity (Wildman–Crippen MR) is 120 cm³/mol. The third-order valence-corrected chi connectivity index (χ3v) is 5.11. The van der Waals surface area contributed by atoms with Gasteiger partial charge in [-0.3, -0.25) is 0 Å². The number of nitrogens with zero attached hydrogens (tertiary/aromatic N) is 2. The molecule has 1 aromatic carbocycles. The molecule has 1 saturated heterocycles. The number of piperidine rings is 1. The third kappa shape index (κ3) is 8.59. The molecule has 7 heteroatoms. The molecular formula is C21H34BCsN4S. The topological polar surface area (TPSA) is 58.5 Å². The molecular weight excluding hydrogens is 484 g/mol. The van der Waals surface area contributed by atoms with Gasteiger partial charge in [-0.1, -0.05) is 32.9 Å². The normalized spacial score (nSPS) is 19.9. The largest absolute Gasteiger partial charge is 1.00 e. The summed E-state index contributed by atoms with van der Waals surface area (Å²) in [5.74, 6) is 6.69. The van der Waals surface area contributed by atoms with Gasteiger partial charge < -0.3 is 22.1 Å². The summed E-state index contributed by atoms with van der Waals surface area (Å²) in [6, 6.07) is 6.60. The van der Waals surface area contributed by atoms with Gasteiger partial charge in [-0.25, -0.2) is 5.84 Å². The van der Waals surface area contributed by atoms with Crippen LogP contribution in [0.4, 0.5) is 0 Å². The van der Waals surface area contributed by atoms with Crippen LogP contribution in [0.15, 0.2) is 24.4 Å². The molecule has 148 valence electrons. The zero-order valence-electron chi connectivity index (χ0n) is 16.7. The second kappa shape index (κ2) is 12.1. The van der Waals surface area contributed by atoms with E-state index >= 15 is 0 Å². The third-order valence-electron chi connectivity index (χ3n) is 4.97. The Bertz CT molecular complexity index is 652. The Kier molecular flexibility index (Phi) is 11.7. The number of nitrogens with two attached hydrogens (primary N) is 2. The Morgan fingerprint density at radius 2 is 2.18 bits per heavy atom. The van der Waals surface area contributed by atoms with E-state index in [1.807, 2.05) is 6.92 Å². The summed E-state index contributed by atoms with van der Waals surface area (Å²) in [7, 11) is 5.90. The zero-order valence-corrected chi connectivity index (χ0v) is 23.9. The van der Waals surface area contributed by atoms with Crippen molar-refractivity contribution in [2.75, 3.05) is 19.6 Å². The predicted octanol–water partition coefficient (Wildman–Crippen LogP) is 0.251. The number of rotatable bonds is 7. The van der Waals surface area contributed by atoms with E-state index in [0.29, 0.717) is 18.2 Å². The molecule has 1 aliphatic carbocycles. The number of hydrazine groups is 1. The van der Waals surface area contributed by atoms with Crippen molar-refractivity contribution in [3.63, 3.8) is 0 Å². The van der Waals surface area contributed by atoms with E-state index < -0.39 is 4.65 Å². The van der Waals surface area contributed by atoms with Crippen LogP contribution in [0.2, 0.25) is 0 Å². The first-order valence-corrected chi connectivity index (χ1v) is 9.93. The van der Waals surface area contributed by atoms with E-state index in [2.05, 4.69) is 42.1 Å². The monoisotopic (exact) mass is 518 g/mol. The Balaban J connectivity index is 0.00000196. The summed E-state index contributed by atoms with van der Waals surface area (Å²) < 4.78 is -0.667. The van der Waals surface area contributed by atoms with Gasteiger partial charge in [0.1, 0.15) is 0 Å². The molecule has 3 rings (SSSR count). The standard InChI is InChI=1S/C20H30BN4S.CH4.Cs/c1-20(21,26)14-25(23)13-19(22)16-7-8-17(18(11-16)15-5-6-15)12-24-9-3-2-4-10-24;;/h3,7-8,11,13,15,26H,2,4-6,9-10,12,14,22-23H2,1H3;1H4;/q-1;;+1/b19-13-;;. The van der Waals surface area contributed by atoms with Crippen LogP contribution < -0.4 is 80.5 Å². The van der Waals surface area contributed by atoms with Crippen molar-refractivity contribution < 1.29 is 68.9 Å². The van der Waals surface area contributed by atoms with Crippen molar-refractivity contribution in [3.8, 4) is 0 Å². The molecule has 4 N–H and O–H groups in total. The number of likely N-dealkylation sites (tertiary alicyclic amines) is 1. The average molecular weight is 518 g/mol. The van der Waals surface area contributed by atoms with Crippen LogP contribution in [0.25, 0.3) is 5.70 Å². The SMILES string of the molecule is C.[B]C(C)(S)CN(N)/C=C(\N)c1ccc(CN2C[CH-]CCC2)c(C2CC2)c1.[Cs+]. The smallest absolute Gasteiger partial charge is 0.397 e. The molecule has 1 heterocycles. The summed E-state index contributed by atoms with van der Waals surface area (Å²) in [5.41, 5.74) is 10.9. The van der Waals surface area contributed by atoms with Gasteiger partial charge in [-0.05, 0) is 52.7 Å². The molecule has 1 atom stereocenters. The average Bonchev–Trinajstić information content (AvgIpc) is 3.39. The molecule has 1 saturated carbocycles. The summed E-state index contributed by atoms with van der Waals surface area (Å²) in [6.07, 6.45) is 9.20. The van der Waals surface area contributed by atoms with Crippen molar-refractivity contribution in [2.24, 2.45) is 11.6 Å². The molecule has 1 unspecified atom stereocenters. The van der Waals surface area contributed by atoms with E-state index in [1.54, 1.807) is 6.20 Å². The van der Waals surface area contributed by atoms with Crippen molar-refractivity contribution in [1.82, 2.24) is 9.91 Å². The molecule has 2 aliphatic rings. The molecule has 2 fully saturated rings. The fourth-order valence-electron chi connectivity index (χ4n) is 3.57. The quantitative estimate of drug-likeness (QED) is 0.159. The van der Waals surface area contributed by atoms with Gasteiger partial charge in [0.25, 0.3) is 0 Å². The fourth-order valence-corrected chi connectivity index (χ4v) is 3.73. The van der Waals surface area contributed by atoms with E-state index in [0.717, 1.165) is 18.7 Å². The molecule has 0 aromatic heterocycles. The molecule has 0 bridgehead atoms. The maximum atomic E-state index is 6.30. The van der Waals surface area contributed by atoms with Gasteiger partial charge in [0, 0.05) is 19.3 Å². The van der Waals surface area contributed by atoms with Crippen molar-refractivity contribution in [2.45, 2.75) is 57.1 Å². The minimum atomic E-state index is -0.667. The molecule has 1 aromatic rings. The van der Waals surface area contributed by atoms with Crippen LogP contribution in [0.1, 0.15) is 62.6 Å². The van der Waals surface area contributed by atoms with Gasteiger partial charge in [0.15, 0.2) is 0 Å². The maximum absolute atomic E-state index is 6.30. The molecule has 4 nitrogen and oxygen atoms in total. The van der Waals surface area contributed by atoms with E-state index in [-0.39, 0.29) is 76.3 Å². The maximum Gasteiger partial charge on any atom is 1.00 e. The Labute approximate surface area is 237 Å². The van der Waals surface area contributed by atoms with Crippen LogP contribution >= 0.6 is 12.6 Å². The molecule has 0 spiro atoms.